The molecule has 2 aliphatic heterocycles. The zero-order valence-corrected chi connectivity index (χ0v) is 13.9. The van der Waals surface area contributed by atoms with Gasteiger partial charge in [-0.2, -0.15) is 0 Å². The normalized spacial score (nSPS) is 21.1. The van der Waals surface area contributed by atoms with Crippen molar-refractivity contribution >= 4 is 5.91 Å². The number of amides is 1. The molecule has 1 aromatic rings. The van der Waals surface area contributed by atoms with Gasteiger partial charge in [0.2, 0.25) is 0 Å². The molecule has 0 aliphatic carbocycles. The molecule has 120 valence electrons. The predicted octanol–water partition coefficient (Wildman–Crippen LogP) is 3.33. The number of likely N-dealkylation sites (tertiary alicyclic amines) is 1. The van der Waals surface area contributed by atoms with Gasteiger partial charge >= 0.3 is 0 Å². The highest BCUT2D eigenvalue weighted by Crippen LogP contribution is 2.28. The van der Waals surface area contributed by atoms with Gasteiger partial charge < -0.3 is 10.2 Å². The van der Waals surface area contributed by atoms with Crippen LogP contribution in [0.15, 0.2) is 18.2 Å². The van der Waals surface area contributed by atoms with Crippen LogP contribution in [-0.2, 0) is 0 Å². The van der Waals surface area contributed by atoms with Gasteiger partial charge in [-0.15, -0.1) is 0 Å². The van der Waals surface area contributed by atoms with E-state index in [4.69, 9.17) is 0 Å². The lowest BCUT2D eigenvalue weighted by Gasteiger charge is -2.31. The topological polar surface area (TPSA) is 32.3 Å². The van der Waals surface area contributed by atoms with Crippen molar-refractivity contribution in [2.45, 2.75) is 45.4 Å². The molecule has 1 aromatic carbocycles. The Bertz CT molecular complexity index is 526. The largest absolute Gasteiger partial charge is 0.339 e. The molecule has 0 atom stereocenters. The van der Waals surface area contributed by atoms with Gasteiger partial charge in [-0.25, -0.2) is 0 Å². The molecule has 0 saturated carbocycles. The van der Waals surface area contributed by atoms with Crippen molar-refractivity contribution in [3.05, 3.63) is 34.9 Å². The first kappa shape index (κ1) is 15.5. The van der Waals surface area contributed by atoms with E-state index in [-0.39, 0.29) is 5.91 Å². The molecule has 2 saturated heterocycles. The quantitative estimate of drug-likeness (QED) is 0.908. The minimum atomic E-state index is 0.236. The first-order chi connectivity index (χ1) is 10.6. The van der Waals surface area contributed by atoms with Gasteiger partial charge in [0.15, 0.2) is 0 Å². The van der Waals surface area contributed by atoms with E-state index in [2.05, 4.69) is 42.3 Å². The number of nitrogens with zero attached hydrogens (tertiary/aromatic N) is 1. The lowest BCUT2D eigenvalue weighted by Crippen LogP contribution is -2.38. The van der Waals surface area contributed by atoms with Crippen LogP contribution in [0, 0.1) is 12.8 Å². The van der Waals surface area contributed by atoms with Gasteiger partial charge in [0.25, 0.3) is 5.91 Å². The summed E-state index contributed by atoms with van der Waals surface area (Å²) >= 11 is 0. The first-order valence-electron chi connectivity index (χ1n) is 8.75. The number of hydrogen-bond donors (Lipinski definition) is 1. The fraction of sp³-hybridized carbons (Fsp3) is 0.632. The number of carbonyl (C=O) groups is 1. The highest BCUT2D eigenvalue weighted by Gasteiger charge is 2.24. The standard InChI is InChI=1S/C19H28N2O/c1-14-7-11-21(12-8-14)19(22)18-13-17(4-3-15(18)2)16-5-9-20-10-6-16/h3-4,13-14,16,20H,5-12H2,1-2H3. The number of rotatable bonds is 2. The Kier molecular flexibility index (Phi) is 4.82. The molecule has 0 radical (unpaired) electrons. The van der Waals surface area contributed by atoms with Gasteiger partial charge in [0.05, 0.1) is 0 Å². The second-order valence-corrected chi connectivity index (χ2v) is 7.07. The molecule has 1 amide bonds. The molecule has 2 heterocycles. The third kappa shape index (κ3) is 3.35. The van der Waals surface area contributed by atoms with Crippen LogP contribution in [0.4, 0.5) is 0 Å². The summed E-state index contributed by atoms with van der Waals surface area (Å²) in [4.78, 5) is 14.9. The third-order valence-corrected chi connectivity index (χ3v) is 5.37. The highest BCUT2D eigenvalue weighted by molar-refractivity contribution is 5.96. The van der Waals surface area contributed by atoms with Crippen molar-refractivity contribution in [2.24, 2.45) is 5.92 Å². The van der Waals surface area contributed by atoms with E-state index in [0.717, 1.165) is 56.1 Å². The van der Waals surface area contributed by atoms with Gasteiger partial charge in [-0.1, -0.05) is 19.1 Å². The Morgan fingerprint density at radius 3 is 2.50 bits per heavy atom. The lowest BCUT2D eigenvalue weighted by atomic mass is 9.88. The van der Waals surface area contributed by atoms with Crippen molar-refractivity contribution in [3.63, 3.8) is 0 Å². The molecule has 0 unspecified atom stereocenters. The molecule has 2 fully saturated rings. The van der Waals surface area contributed by atoms with E-state index in [0.29, 0.717) is 5.92 Å². The Morgan fingerprint density at radius 2 is 1.82 bits per heavy atom. The fourth-order valence-corrected chi connectivity index (χ4v) is 3.66. The van der Waals surface area contributed by atoms with Crippen molar-refractivity contribution in [1.82, 2.24) is 10.2 Å². The number of aryl methyl sites for hydroxylation is 1. The Labute approximate surface area is 134 Å². The van der Waals surface area contributed by atoms with Crippen LogP contribution in [0.1, 0.15) is 60.0 Å². The summed E-state index contributed by atoms with van der Waals surface area (Å²) in [5.74, 6) is 1.60. The van der Waals surface area contributed by atoms with Gasteiger partial charge in [0.1, 0.15) is 0 Å². The van der Waals surface area contributed by atoms with E-state index in [1.165, 1.54) is 18.4 Å². The monoisotopic (exact) mass is 300 g/mol. The summed E-state index contributed by atoms with van der Waals surface area (Å²) in [6.45, 7) is 8.35. The fourth-order valence-electron chi connectivity index (χ4n) is 3.66. The number of piperidine rings is 2. The van der Waals surface area contributed by atoms with Crippen LogP contribution >= 0.6 is 0 Å². The molecule has 3 heteroatoms. The van der Waals surface area contributed by atoms with E-state index in [1.807, 2.05) is 0 Å². The average Bonchev–Trinajstić information content (AvgIpc) is 2.56. The number of nitrogens with one attached hydrogen (secondary N) is 1. The smallest absolute Gasteiger partial charge is 0.254 e. The SMILES string of the molecule is Cc1ccc(C2CCNCC2)cc1C(=O)N1CCC(C)CC1. The molecule has 0 aromatic heterocycles. The Hall–Kier alpha value is -1.35. The molecular formula is C19H28N2O. The Morgan fingerprint density at radius 1 is 1.14 bits per heavy atom. The first-order valence-corrected chi connectivity index (χ1v) is 8.75. The molecule has 0 bridgehead atoms. The van der Waals surface area contributed by atoms with Gasteiger partial charge in [0, 0.05) is 18.7 Å². The van der Waals surface area contributed by atoms with Crippen LogP contribution < -0.4 is 5.32 Å². The van der Waals surface area contributed by atoms with E-state index < -0.39 is 0 Å². The van der Waals surface area contributed by atoms with Gasteiger partial charge in [-0.05, 0) is 74.7 Å². The van der Waals surface area contributed by atoms with Crippen LogP contribution in [0.2, 0.25) is 0 Å². The summed E-state index contributed by atoms with van der Waals surface area (Å²) in [6, 6.07) is 6.53. The molecular weight excluding hydrogens is 272 g/mol. The minimum Gasteiger partial charge on any atom is -0.339 e. The summed E-state index contributed by atoms with van der Waals surface area (Å²) in [7, 11) is 0. The second-order valence-electron chi connectivity index (χ2n) is 7.07. The molecule has 2 aliphatic rings. The minimum absolute atomic E-state index is 0.236. The maximum absolute atomic E-state index is 12.9. The maximum atomic E-state index is 12.9. The predicted molar refractivity (Wildman–Crippen MR) is 90.3 cm³/mol. The highest BCUT2D eigenvalue weighted by atomic mass is 16.2. The van der Waals surface area contributed by atoms with Crippen molar-refractivity contribution in [3.8, 4) is 0 Å². The number of hydrogen-bond acceptors (Lipinski definition) is 2. The van der Waals surface area contributed by atoms with Gasteiger partial charge in [-0.3, -0.25) is 4.79 Å². The van der Waals surface area contributed by atoms with E-state index >= 15 is 0 Å². The molecule has 3 nitrogen and oxygen atoms in total. The zero-order chi connectivity index (χ0) is 15.5. The van der Waals surface area contributed by atoms with Crippen LogP contribution in [0.3, 0.4) is 0 Å². The molecule has 3 rings (SSSR count). The molecule has 1 N–H and O–H groups in total. The maximum Gasteiger partial charge on any atom is 0.254 e. The zero-order valence-electron chi connectivity index (χ0n) is 13.9. The van der Waals surface area contributed by atoms with Crippen molar-refractivity contribution < 1.29 is 4.79 Å². The van der Waals surface area contributed by atoms with Crippen molar-refractivity contribution in [2.75, 3.05) is 26.2 Å². The average molecular weight is 300 g/mol. The third-order valence-electron chi connectivity index (χ3n) is 5.37. The summed E-state index contributed by atoms with van der Waals surface area (Å²) in [5.41, 5.74) is 3.38. The summed E-state index contributed by atoms with van der Waals surface area (Å²) in [5, 5.41) is 3.41. The Balaban J connectivity index is 1.78. The van der Waals surface area contributed by atoms with Crippen LogP contribution in [0.25, 0.3) is 0 Å². The summed E-state index contributed by atoms with van der Waals surface area (Å²) in [6.07, 6.45) is 4.63. The number of carbonyl (C=O) groups excluding carboxylic acids is 1. The number of benzene rings is 1. The van der Waals surface area contributed by atoms with E-state index in [1.54, 1.807) is 0 Å². The van der Waals surface area contributed by atoms with Crippen molar-refractivity contribution in [1.29, 1.82) is 0 Å². The lowest BCUT2D eigenvalue weighted by molar-refractivity contribution is 0.0696. The van der Waals surface area contributed by atoms with Crippen LogP contribution in [0.5, 0.6) is 0 Å². The summed E-state index contributed by atoms with van der Waals surface area (Å²) < 4.78 is 0. The second kappa shape index (κ2) is 6.82. The van der Waals surface area contributed by atoms with E-state index in [9.17, 15) is 4.79 Å². The van der Waals surface area contributed by atoms with Crippen LogP contribution in [-0.4, -0.2) is 37.0 Å². The molecule has 22 heavy (non-hydrogen) atoms. The molecule has 0 spiro atoms.